The standard InChI is InChI=1S/C15H24N2O2/c1-17(11-10-13-7-4-3-5-8-13)15(18)14(16)9-6-12-19-2/h3-5,7-8,14H,6,9-12,16H2,1-2H3. The second kappa shape index (κ2) is 8.67. The van der Waals surface area contributed by atoms with Crippen LogP contribution >= 0.6 is 0 Å². The van der Waals surface area contributed by atoms with Crippen molar-refractivity contribution in [2.45, 2.75) is 25.3 Å². The summed E-state index contributed by atoms with van der Waals surface area (Å²) in [6.07, 6.45) is 2.34. The van der Waals surface area contributed by atoms with Crippen molar-refractivity contribution in [3.8, 4) is 0 Å². The monoisotopic (exact) mass is 264 g/mol. The normalized spacial score (nSPS) is 12.2. The molecule has 0 heterocycles. The Morgan fingerprint density at radius 3 is 2.68 bits per heavy atom. The Morgan fingerprint density at radius 2 is 2.05 bits per heavy atom. The second-order valence-corrected chi connectivity index (χ2v) is 4.74. The third kappa shape index (κ3) is 5.85. The Balaban J connectivity index is 2.31. The first-order valence-electron chi connectivity index (χ1n) is 6.68. The molecule has 1 unspecified atom stereocenters. The summed E-state index contributed by atoms with van der Waals surface area (Å²) in [4.78, 5) is 13.7. The van der Waals surface area contributed by atoms with Crippen LogP contribution in [0.1, 0.15) is 18.4 Å². The molecule has 0 fully saturated rings. The summed E-state index contributed by atoms with van der Waals surface area (Å²) in [5, 5.41) is 0. The van der Waals surface area contributed by atoms with Crippen LogP contribution in [0.4, 0.5) is 0 Å². The molecule has 0 aliphatic rings. The highest BCUT2D eigenvalue weighted by Crippen LogP contribution is 2.03. The number of nitrogens with two attached hydrogens (primary N) is 1. The highest BCUT2D eigenvalue weighted by atomic mass is 16.5. The molecule has 1 atom stereocenters. The van der Waals surface area contributed by atoms with Crippen LogP contribution in [0.15, 0.2) is 30.3 Å². The van der Waals surface area contributed by atoms with Crippen LogP contribution in [-0.4, -0.2) is 44.2 Å². The zero-order chi connectivity index (χ0) is 14.1. The first-order valence-corrected chi connectivity index (χ1v) is 6.68. The van der Waals surface area contributed by atoms with Gasteiger partial charge in [-0.25, -0.2) is 0 Å². The second-order valence-electron chi connectivity index (χ2n) is 4.74. The van der Waals surface area contributed by atoms with Gasteiger partial charge in [-0.1, -0.05) is 30.3 Å². The number of benzene rings is 1. The maximum absolute atomic E-state index is 12.0. The Kier molecular flexibility index (Phi) is 7.15. The fourth-order valence-electron chi connectivity index (χ4n) is 1.91. The van der Waals surface area contributed by atoms with Gasteiger partial charge in [0.25, 0.3) is 0 Å². The van der Waals surface area contributed by atoms with E-state index in [1.54, 1.807) is 19.1 Å². The molecule has 0 aliphatic carbocycles. The molecule has 1 aromatic carbocycles. The van der Waals surface area contributed by atoms with E-state index in [2.05, 4.69) is 12.1 Å². The molecule has 0 aliphatic heterocycles. The summed E-state index contributed by atoms with van der Waals surface area (Å²) in [5.41, 5.74) is 7.11. The van der Waals surface area contributed by atoms with Crippen LogP contribution in [0.2, 0.25) is 0 Å². The van der Waals surface area contributed by atoms with E-state index in [4.69, 9.17) is 10.5 Å². The van der Waals surface area contributed by atoms with Crippen LogP contribution in [0.3, 0.4) is 0 Å². The number of methoxy groups -OCH3 is 1. The number of hydrogen-bond acceptors (Lipinski definition) is 3. The van der Waals surface area contributed by atoms with Crippen LogP contribution in [0.25, 0.3) is 0 Å². The molecular weight excluding hydrogens is 240 g/mol. The van der Waals surface area contributed by atoms with Gasteiger partial charge in [0.1, 0.15) is 0 Å². The summed E-state index contributed by atoms with van der Waals surface area (Å²) in [5.74, 6) is 0.00651. The molecule has 0 spiro atoms. The third-order valence-corrected chi connectivity index (χ3v) is 3.14. The summed E-state index contributed by atoms with van der Waals surface area (Å²) in [7, 11) is 3.46. The molecule has 19 heavy (non-hydrogen) atoms. The van der Waals surface area contributed by atoms with Crippen LogP contribution < -0.4 is 5.73 Å². The molecule has 2 N–H and O–H groups in total. The Morgan fingerprint density at radius 1 is 1.37 bits per heavy atom. The summed E-state index contributed by atoms with van der Waals surface area (Å²) < 4.78 is 4.96. The van der Waals surface area contributed by atoms with Gasteiger partial charge in [-0.05, 0) is 24.8 Å². The van der Waals surface area contributed by atoms with E-state index in [9.17, 15) is 4.79 Å². The molecule has 4 nitrogen and oxygen atoms in total. The molecule has 4 heteroatoms. The molecular formula is C15H24N2O2. The van der Waals surface area contributed by atoms with Crippen LogP contribution in [0, 0.1) is 0 Å². The van der Waals surface area contributed by atoms with Crippen molar-refractivity contribution >= 4 is 5.91 Å². The average molecular weight is 264 g/mol. The van der Waals surface area contributed by atoms with Crippen molar-refractivity contribution in [1.82, 2.24) is 4.90 Å². The van der Waals surface area contributed by atoms with Crippen molar-refractivity contribution in [1.29, 1.82) is 0 Å². The van der Waals surface area contributed by atoms with E-state index in [-0.39, 0.29) is 5.91 Å². The molecule has 1 rings (SSSR count). The van der Waals surface area contributed by atoms with Gasteiger partial charge in [0.05, 0.1) is 6.04 Å². The molecule has 0 saturated carbocycles. The first-order chi connectivity index (χ1) is 9.15. The van der Waals surface area contributed by atoms with Crippen LogP contribution in [-0.2, 0) is 16.0 Å². The molecule has 1 aromatic rings. The number of nitrogens with zero attached hydrogens (tertiary/aromatic N) is 1. The lowest BCUT2D eigenvalue weighted by atomic mass is 10.1. The lowest BCUT2D eigenvalue weighted by Crippen LogP contribution is -2.42. The zero-order valence-corrected chi connectivity index (χ0v) is 11.8. The van der Waals surface area contributed by atoms with E-state index in [1.807, 2.05) is 18.2 Å². The largest absolute Gasteiger partial charge is 0.385 e. The quantitative estimate of drug-likeness (QED) is 0.723. The number of rotatable bonds is 8. The van der Waals surface area contributed by atoms with E-state index in [0.29, 0.717) is 19.6 Å². The number of likely N-dealkylation sites (N-methyl/N-ethyl adjacent to an activating group) is 1. The van der Waals surface area contributed by atoms with Gasteiger partial charge in [-0.3, -0.25) is 4.79 Å². The van der Waals surface area contributed by atoms with E-state index in [0.717, 1.165) is 12.8 Å². The Hall–Kier alpha value is -1.39. The highest BCUT2D eigenvalue weighted by molar-refractivity contribution is 5.81. The zero-order valence-electron chi connectivity index (χ0n) is 11.8. The maximum Gasteiger partial charge on any atom is 0.239 e. The first kappa shape index (κ1) is 15.7. The molecule has 0 bridgehead atoms. The van der Waals surface area contributed by atoms with Crippen molar-refractivity contribution in [3.05, 3.63) is 35.9 Å². The Bertz CT molecular complexity index is 368. The summed E-state index contributed by atoms with van der Waals surface area (Å²) in [6, 6.07) is 9.72. The van der Waals surface area contributed by atoms with Crippen molar-refractivity contribution in [2.75, 3.05) is 27.3 Å². The average Bonchev–Trinajstić information content (AvgIpc) is 2.45. The molecule has 106 valence electrons. The minimum Gasteiger partial charge on any atom is -0.385 e. The number of hydrogen-bond donors (Lipinski definition) is 1. The lowest BCUT2D eigenvalue weighted by Gasteiger charge is -2.21. The molecule has 0 saturated heterocycles. The molecule has 0 radical (unpaired) electrons. The number of carbonyl (C=O) groups excluding carboxylic acids is 1. The lowest BCUT2D eigenvalue weighted by molar-refractivity contribution is -0.131. The highest BCUT2D eigenvalue weighted by Gasteiger charge is 2.17. The van der Waals surface area contributed by atoms with Gasteiger partial charge < -0.3 is 15.4 Å². The SMILES string of the molecule is COCCCC(N)C(=O)N(C)CCc1ccccc1. The minimum atomic E-state index is -0.420. The number of ether oxygens (including phenoxy) is 1. The molecule has 1 amide bonds. The van der Waals surface area contributed by atoms with E-state index < -0.39 is 6.04 Å². The van der Waals surface area contributed by atoms with Gasteiger partial charge >= 0.3 is 0 Å². The van der Waals surface area contributed by atoms with E-state index >= 15 is 0 Å². The fourth-order valence-corrected chi connectivity index (χ4v) is 1.91. The van der Waals surface area contributed by atoms with Gasteiger partial charge in [0.2, 0.25) is 5.91 Å². The van der Waals surface area contributed by atoms with Crippen molar-refractivity contribution in [3.63, 3.8) is 0 Å². The van der Waals surface area contributed by atoms with Gasteiger partial charge in [0.15, 0.2) is 0 Å². The smallest absolute Gasteiger partial charge is 0.239 e. The summed E-state index contributed by atoms with van der Waals surface area (Å²) >= 11 is 0. The number of amides is 1. The maximum atomic E-state index is 12.0. The minimum absolute atomic E-state index is 0.00651. The van der Waals surface area contributed by atoms with Gasteiger partial charge in [-0.15, -0.1) is 0 Å². The molecule has 0 aromatic heterocycles. The third-order valence-electron chi connectivity index (χ3n) is 3.14. The van der Waals surface area contributed by atoms with Crippen molar-refractivity contribution in [2.24, 2.45) is 5.73 Å². The fraction of sp³-hybridized carbons (Fsp3) is 0.533. The topological polar surface area (TPSA) is 55.6 Å². The van der Waals surface area contributed by atoms with E-state index in [1.165, 1.54) is 5.56 Å². The predicted molar refractivity (Wildman–Crippen MR) is 76.9 cm³/mol. The van der Waals surface area contributed by atoms with Crippen LogP contribution in [0.5, 0.6) is 0 Å². The Labute approximate surface area is 115 Å². The van der Waals surface area contributed by atoms with Gasteiger partial charge in [0, 0.05) is 27.3 Å². The van der Waals surface area contributed by atoms with Crippen molar-refractivity contribution < 1.29 is 9.53 Å². The van der Waals surface area contributed by atoms with Gasteiger partial charge in [-0.2, -0.15) is 0 Å². The predicted octanol–water partition coefficient (Wildman–Crippen LogP) is 1.44. The summed E-state index contributed by atoms with van der Waals surface area (Å²) in [6.45, 7) is 1.34. The number of carbonyl (C=O) groups is 1.